The van der Waals surface area contributed by atoms with E-state index < -0.39 is 5.97 Å². The summed E-state index contributed by atoms with van der Waals surface area (Å²) in [5.41, 5.74) is 0. The summed E-state index contributed by atoms with van der Waals surface area (Å²) in [6.07, 6.45) is 4.48. The summed E-state index contributed by atoms with van der Waals surface area (Å²) in [5, 5.41) is 15.4. The molecule has 1 atom stereocenters. The van der Waals surface area contributed by atoms with Gasteiger partial charge in [0, 0.05) is 13.0 Å². The van der Waals surface area contributed by atoms with Crippen molar-refractivity contribution < 1.29 is 14.7 Å². The van der Waals surface area contributed by atoms with E-state index in [1.54, 1.807) is 0 Å². The SMILES string of the molecule is CC(C)C(CCNC(=O)Cn1cncn1)CCC(=O)O. The third kappa shape index (κ3) is 6.31. The van der Waals surface area contributed by atoms with Crippen LogP contribution >= 0.6 is 0 Å². The molecule has 0 spiro atoms. The van der Waals surface area contributed by atoms with E-state index >= 15 is 0 Å². The summed E-state index contributed by atoms with van der Waals surface area (Å²) < 4.78 is 1.46. The first-order valence-electron chi connectivity index (χ1n) is 6.80. The highest BCUT2D eigenvalue weighted by molar-refractivity contribution is 5.75. The van der Waals surface area contributed by atoms with Crippen LogP contribution in [0.3, 0.4) is 0 Å². The Balaban J connectivity index is 2.25. The molecule has 1 amide bonds. The zero-order valence-corrected chi connectivity index (χ0v) is 12.0. The molecule has 1 rings (SSSR count). The number of carbonyl (C=O) groups is 2. The first kappa shape index (κ1) is 16.1. The van der Waals surface area contributed by atoms with Gasteiger partial charge in [0.15, 0.2) is 0 Å². The summed E-state index contributed by atoms with van der Waals surface area (Å²) in [6, 6.07) is 0. The molecule has 0 fully saturated rings. The van der Waals surface area contributed by atoms with Crippen molar-refractivity contribution in [3.63, 3.8) is 0 Å². The molecule has 7 heteroatoms. The maximum absolute atomic E-state index is 11.6. The van der Waals surface area contributed by atoms with E-state index in [1.807, 2.05) is 0 Å². The molecule has 112 valence electrons. The number of carboxylic acids is 1. The van der Waals surface area contributed by atoms with Crippen molar-refractivity contribution >= 4 is 11.9 Å². The number of amides is 1. The molecule has 1 aromatic rings. The predicted octanol–water partition coefficient (Wildman–Crippen LogP) is 0.921. The lowest BCUT2D eigenvalue weighted by atomic mass is 9.88. The van der Waals surface area contributed by atoms with Crippen molar-refractivity contribution in [1.82, 2.24) is 20.1 Å². The summed E-state index contributed by atoms with van der Waals surface area (Å²) >= 11 is 0. The normalized spacial score (nSPS) is 12.3. The number of hydrogen-bond acceptors (Lipinski definition) is 4. The van der Waals surface area contributed by atoms with E-state index in [1.165, 1.54) is 17.3 Å². The second-order valence-corrected chi connectivity index (χ2v) is 5.17. The Morgan fingerprint density at radius 2 is 2.10 bits per heavy atom. The van der Waals surface area contributed by atoms with Gasteiger partial charge in [-0.25, -0.2) is 9.67 Å². The van der Waals surface area contributed by atoms with Crippen molar-refractivity contribution in [2.45, 2.75) is 39.7 Å². The maximum atomic E-state index is 11.6. The second-order valence-electron chi connectivity index (χ2n) is 5.17. The molecule has 7 nitrogen and oxygen atoms in total. The third-order valence-corrected chi connectivity index (χ3v) is 3.28. The molecule has 0 aromatic carbocycles. The average molecular weight is 282 g/mol. The zero-order chi connectivity index (χ0) is 15.0. The predicted molar refractivity (Wildman–Crippen MR) is 72.8 cm³/mol. The van der Waals surface area contributed by atoms with Crippen molar-refractivity contribution in [3.05, 3.63) is 12.7 Å². The van der Waals surface area contributed by atoms with Gasteiger partial charge >= 0.3 is 5.97 Å². The molecule has 0 radical (unpaired) electrons. The van der Waals surface area contributed by atoms with E-state index in [0.29, 0.717) is 24.8 Å². The Morgan fingerprint density at radius 3 is 2.65 bits per heavy atom. The molecule has 0 saturated carbocycles. The molecule has 0 aliphatic carbocycles. The van der Waals surface area contributed by atoms with Crippen molar-refractivity contribution in [3.8, 4) is 0 Å². The Kier molecular flexibility index (Phi) is 6.69. The largest absolute Gasteiger partial charge is 0.481 e. The number of hydrogen-bond donors (Lipinski definition) is 2. The molecule has 1 heterocycles. The molecule has 0 aliphatic heterocycles. The molecule has 0 aliphatic rings. The van der Waals surface area contributed by atoms with Crippen molar-refractivity contribution in [2.75, 3.05) is 6.54 Å². The quantitative estimate of drug-likeness (QED) is 0.702. The highest BCUT2D eigenvalue weighted by Gasteiger charge is 2.15. The van der Waals surface area contributed by atoms with Gasteiger partial charge in [-0.3, -0.25) is 9.59 Å². The van der Waals surface area contributed by atoms with Crippen molar-refractivity contribution in [2.24, 2.45) is 11.8 Å². The fraction of sp³-hybridized carbons (Fsp3) is 0.692. The van der Waals surface area contributed by atoms with E-state index in [-0.39, 0.29) is 18.9 Å². The molecule has 20 heavy (non-hydrogen) atoms. The van der Waals surface area contributed by atoms with Gasteiger partial charge in [0.25, 0.3) is 0 Å². The Labute approximate surface area is 118 Å². The zero-order valence-electron chi connectivity index (χ0n) is 12.0. The third-order valence-electron chi connectivity index (χ3n) is 3.28. The van der Waals surface area contributed by atoms with Gasteiger partial charge in [0.2, 0.25) is 5.91 Å². The van der Waals surface area contributed by atoms with Crippen LogP contribution in [0.1, 0.15) is 33.1 Å². The summed E-state index contributed by atoms with van der Waals surface area (Å²) in [6.45, 7) is 4.85. The first-order chi connectivity index (χ1) is 9.49. The number of rotatable bonds is 9. The standard InChI is InChI=1S/C13H22N4O3/c1-10(2)11(3-4-13(19)20)5-6-15-12(18)7-17-9-14-8-16-17/h8-11H,3-7H2,1-2H3,(H,15,18)(H,19,20). The number of carbonyl (C=O) groups excluding carboxylic acids is 1. The smallest absolute Gasteiger partial charge is 0.303 e. The van der Waals surface area contributed by atoms with Crippen molar-refractivity contribution in [1.29, 1.82) is 0 Å². The van der Waals surface area contributed by atoms with Gasteiger partial charge in [-0.05, 0) is 24.7 Å². The summed E-state index contributed by atoms with van der Waals surface area (Å²) in [7, 11) is 0. The minimum atomic E-state index is -0.772. The van der Waals surface area contributed by atoms with E-state index in [4.69, 9.17) is 5.11 Å². The van der Waals surface area contributed by atoms with Gasteiger partial charge in [0.1, 0.15) is 19.2 Å². The van der Waals surface area contributed by atoms with Crippen LogP contribution in [0.5, 0.6) is 0 Å². The highest BCUT2D eigenvalue weighted by atomic mass is 16.4. The van der Waals surface area contributed by atoms with Crippen LogP contribution in [0.15, 0.2) is 12.7 Å². The van der Waals surface area contributed by atoms with Gasteiger partial charge in [-0.1, -0.05) is 13.8 Å². The summed E-state index contributed by atoms with van der Waals surface area (Å²) in [5.74, 6) is -0.179. The van der Waals surface area contributed by atoms with Gasteiger partial charge in [-0.2, -0.15) is 5.10 Å². The molecule has 0 bridgehead atoms. The van der Waals surface area contributed by atoms with E-state index in [9.17, 15) is 9.59 Å². The Hall–Kier alpha value is -1.92. The minimum absolute atomic E-state index is 0.115. The van der Waals surface area contributed by atoms with Crippen LogP contribution in [0.25, 0.3) is 0 Å². The van der Waals surface area contributed by atoms with Gasteiger partial charge in [-0.15, -0.1) is 0 Å². The Morgan fingerprint density at radius 1 is 1.35 bits per heavy atom. The molecule has 1 aromatic heterocycles. The lowest BCUT2D eigenvalue weighted by molar-refractivity contribution is -0.137. The monoisotopic (exact) mass is 282 g/mol. The number of nitrogens with zero attached hydrogens (tertiary/aromatic N) is 3. The highest BCUT2D eigenvalue weighted by Crippen LogP contribution is 2.20. The number of aliphatic carboxylic acids is 1. The van der Waals surface area contributed by atoms with E-state index in [0.717, 1.165) is 6.42 Å². The van der Waals surface area contributed by atoms with Crippen LogP contribution < -0.4 is 5.32 Å². The average Bonchev–Trinajstić information content (AvgIpc) is 2.85. The maximum Gasteiger partial charge on any atom is 0.303 e. The molecular formula is C13H22N4O3. The molecule has 2 N–H and O–H groups in total. The molecule has 1 unspecified atom stereocenters. The van der Waals surface area contributed by atoms with Gasteiger partial charge < -0.3 is 10.4 Å². The fourth-order valence-electron chi connectivity index (χ4n) is 2.03. The first-order valence-corrected chi connectivity index (χ1v) is 6.80. The fourth-order valence-corrected chi connectivity index (χ4v) is 2.03. The molecular weight excluding hydrogens is 260 g/mol. The number of nitrogens with one attached hydrogen (secondary N) is 1. The minimum Gasteiger partial charge on any atom is -0.481 e. The van der Waals surface area contributed by atoms with Crippen LogP contribution in [0.2, 0.25) is 0 Å². The van der Waals surface area contributed by atoms with Crippen LogP contribution in [-0.4, -0.2) is 38.3 Å². The van der Waals surface area contributed by atoms with Crippen LogP contribution in [0.4, 0.5) is 0 Å². The number of aromatic nitrogens is 3. The van der Waals surface area contributed by atoms with Crippen LogP contribution in [-0.2, 0) is 16.1 Å². The second kappa shape index (κ2) is 8.29. The lowest BCUT2D eigenvalue weighted by Gasteiger charge is -2.20. The number of carboxylic acid groups (broad SMARTS) is 1. The van der Waals surface area contributed by atoms with Gasteiger partial charge in [0.05, 0.1) is 0 Å². The lowest BCUT2D eigenvalue weighted by Crippen LogP contribution is -2.30. The van der Waals surface area contributed by atoms with E-state index in [2.05, 4.69) is 29.2 Å². The van der Waals surface area contributed by atoms with Crippen LogP contribution in [0, 0.1) is 11.8 Å². The summed E-state index contributed by atoms with van der Waals surface area (Å²) in [4.78, 5) is 26.0. The molecule has 0 saturated heterocycles. The Bertz CT molecular complexity index is 417. The topological polar surface area (TPSA) is 97.1 Å².